The lowest BCUT2D eigenvalue weighted by Gasteiger charge is -2.23. The molecule has 0 radical (unpaired) electrons. The normalized spacial score (nSPS) is 16.6. The van der Waals surface area contributed by atoms with Gasteiger partial charge in [0.2, 0.25) is 5.91 Å². The Hall–Kier alpha value is -2.22. The Kier molecular flexibility index (Phi) is 5.35. The third kappa shape index (κ3) is 3.82. The van der Waals surface area contributed by atoms with Gasteiger partial charge in [0, 0.05) is 21.7 Å². The Morgan fingerprint density at radius 3 is 2.90 bits per heavy atom. The zero-order valence-corrected chi connectivity index (χ0v) is 18.1. The zero-order valence-electron chi connectivity index (χ0n) is 15.7. The van der Waals surface area contributed by atoms with Gasteiger partial charge >= 0.3 is 0 Å². The lowest BCUT2D eigenvalue weighted by Crippen LogP contribution is -2.31. The van der Waals surface area contributed by atoms with E-state index in [-0.39, 0.29) is 11.9 Å². The quantitative estimate of drug-likeness (QED) is 0.289. The fourth-order valence-corrected chi connectivity index (χ4v) is 6.55. The molecular formula is C22H19N3OS3. The van der Waals surface area contributed by atoms with Crippen molar-refractivity contribution >= 4 is 50.6 Å². The first kappa shape index (κ1) is 18.8. The van der Waals surface area contributed by atoms with Crippen molar-refractivity contribution in [3.63, 3.8) is 0 Å². The van der Waals surface area contributed by atoms with E-state index < -0.39 is 0 Å². The molecule has 146 valence electrons. The van der Waals surface area contributed by atoms with Crippen LogP contribution < -0.4 is 0 Å². The number of fused-ring (bicyclic) bond motifs is 1. The van der Waals surface area contributed by atoms with Gasteiger partial charge in [-0.1, -0.05) is 48.2 Å². The third-order valence-corrected chi connectivity index (χ3v) is 8.18. The van der Waals surface area contributed by atoms with Crippen molar-refractivity contribution in [2.45, 2.75) is 23.9 Å². The number of likely N-dealkylation sites (tertiary alicyclic amines) is 1. The molecule has 0 saturated carbocycles. The number of carbonyl (C=O) groups is 1. The second-order valence-electron chi connectivity index (χ2n) is 6.92. The van der Waals surface area contributed by atoms with Crippen LogP contribution in [0.25, 0.3) is 20.7 Å². The summed E-state index contributed by atoms with van der Waals surface area (Å²) in [5, 5.41) is 4.00. The standard InChI is InChI=1S/C22H19N3OS3/c26-20(25-10-4-8-17(25)18-9-5-11-27-18)13-28-21-16-12-19(15-6-2-1-3-7-15)29-22(16)24-14-23-21/h1-3,5-7,9,11-12,14,17H,4,8,10,13H2. The van der Waals surface area contributed by atoms with Gasteiger partial charge in [-0.15, -0.1) is 22.7 Å². The van der Waals surface area contributed by atoms with E-state index in [0.717, 1.165) is 34.6 Å². The number of aromatic nitrogens is 2. The first-order valence-electron chi connectivity index (χ1n) is 9.55. The monoisotopic (exact) mass is 437 g/mol. The molecule has 0 spiro atoms. The summed E-state index contributed by atoms with van der Waals surface area (Å²) in [6.45, 7) is 0.845. The minimum atomic E-state index is 0.191. The molecule has 4 heterocycles. The van der Waals surface area contributed by atoms with Gasteiger partial charge in [0.05, 0.1) is 11.8 Å². The number of carbonyl (C=O) groups excluding carboxylic acids is 1. The van der Waals surface area contributed by atoms with Crippen LogP contribution in [0.15, 0.2) is 65.3 Å². The molecule has 4 aromatic rings. The van der Waals surface area contributed by atoms with Crippen LogP contribution in [0.3, 0.4) is 0 Å². The number of amides is 1. The molecule has 7 heteroatoms. The minimum absolute atomic E-state index is 0.191. The number of thioether (sulfide) groups is 1. The highest BCUT2D eigenvalue weighted by Gasteiger charge is 2.30. The molecule has 1 aliphatic heterocycles. The summed E-state index contributed by atoms with van der Waals surface area (Å²) in [6, 6.07) is 16.9. The Labute approximate surface area is 181 Å². The number of hydrogen-bond acceptors (Lipinski definition) is 6. The van der Waals surface area contributed by atoms with Gasteiger partial charge in [0.25, 0.3) is 0 Å². The number of thiophene rings is 2. The van der Waals surface area contributed by atoms with Crippen molar-refractivity contribution in [1.29, 1.82) is 0 Å². The fraction of sp³-hybridized carbons (Fsp3) is 0.227. The molecule has 0 N–H and O–H groups in total. The maximum atomic E-state index is 13.0. The number of nitrogens with zero attached hydrogens (tertiary/aromatic N) is 3. The van der Waals surface area contributed by atoms with Crippen molar-refractivity contribution in [2.24, 2.45) is 0 Å². The topological polar surface area (TPSA) is 46.1 Å². The maximum Gasteiger partial charge on any atom is 0.233 e. The van der Waals surface area contributed by atoms with E-state index in [9.17, 15) is 4.79 Å². The molecule has 1 saturated heterocycles. The first-order valence-corrected chi connectivity index (χ1v) is 12.2. The summed E-state index contributed by atoms with van der Waals surface area (Å²) in [5.41, 5.74) is 1.18. The van der Waals surface area contributed by atoms with E-state index >= 15 is 0 Å². The highest BCUT2D eigenvalue weighted by molar-refractivity contribution is 8.00. The van der Waals surface area contributed by atoms with Gasteiger partial charge in [-0.3, -0.25) is 4.79 Å². The Morgan fingerprint density at radius 2 is 2.07 bits per heavy atom. The van der Waals surface area contributed by atoms with Gasteiger partial charge in [0.1, 0.15) is 16.2 Å². The molecule has 1 amide bonds. The molecular weight excluding hydrogens is 418 g/mol. The lowest BCUT2D eigenvalue weighted by atomic mass is 10.2. The molecule has 1 aromatic carbocycles. The number of hydrogen-bond donors (Lipinski definition) is 0. The predicted molar refractivity (Wildman–Crippen MR) is 122 cm³/mol. The summed E-state index contributed by atoms with van der Waals surface area (Å²) in [6.07, 6.45) is 3.73. The van der Waals surface area contributed by atoms with Crippen LogP contribution in [0.4, 0.5) is 0 Å². The molecule has 3 aromatic heterocycles. The van der Waals surface area contributed by atoms with Crippen molar-refractivity contribution < 1.29 is 4.79 Å². The SMILES string of the molecule is O=C(CSc1ncnc2sc(-c3ccccc3)cc12)N1CCCC1c1cccs1. The molecule has 0 bridgehead atoms. The Bertz CT molecular complexity index is 1120. The minimum Gasteiger partial charge on any atom is -0.334 e. The van der Waals surface area contributed by atoms with Crippen LogP contribution in [0.5, 0.6) is 0 Å². The summed E-state index contributed by atoms with van der Waals surface area (Å²) < 4.78 is 0. The summed E-state index contributed by atoms with van der Waals surface area (Å²) in [4.78, 5) is 27.3. The van der Waals surface area contributed by atoms with Crippen LogP contribution in [-0.2, 0) is 4.79 Å². The smallest absolute Gasteiger partial charge is 0.233 e. The second-order valence-corrected chi connectivity index (χ2v) is 9.90. The molecule has 4 nitrogen and oxygen atoms in total. The van der Waals surface area contributed by atoms with Gasteiger partial charge in [0.15, 0.2) is 0 Å². The van der Waals surface area contributed by atoms with Crippen LogP contribution >= 0.6 is 34.4 Å². The van der Waals surface area contributed by atoms with Crippen molar-refractivity contribution in [2.75, 3.05) is 12.3 Å². The average molecular weight is 438 g/mol. The van der Waals surface area contributed by atoms with Gasteiger partial charge < -0.3 is 4.90 Å². The summed E-state index contributed by atoms with van der Waals surface area (Å²) in [5.74, 6) is 0.598. The van der Waals surface area contributed by atoms with E-state index in [0.29, 0.717) is 5.75 Å². The lowest BCUT2D eigenvalue weighted by molar-refractivity contribution is -0.129. The van der Waals surface area contributed by atoms with Gasteiger partial charge in [-0.05, 0) is 35.9 Å². The highest BCUT2D eigenvalue weighted by atomic mass is 32.2. The second kappa shape index (κ2) is 8.26. The maximum absolute atomic E-state index is 13.0. The predicted octanol–water partition coefficient (Wildman–Crippen LogP) is 5.88. The average Bonchev–Trinajstić information content (AvgIpc) is 3.52. The van der Waals surface area contributed by atoms with Crippen LogP contribution in [0.2, 0.25) is 0 Å². The van der Waals surface area contributed by atoms with Crippen LogP contribution in [0.1, 0.15) is 23.8 Å². The highest BCUT2D eigenvalue weighted by Crippen LogP contribution is 2.38. The molecule has 5 rings (SSSR count). The summed E-state index contributed by atoms with van der Waals surface area (Å²) >= 11 is 4.92. The Morgan fingerprint density at radius 1 is 1.17 bits per heavy atom. The van der Waals surface area contributed by atoms with Crippen molar-refractivity contribution in [1.82, 2.24) is 14.9 Å². The third-order valence-electron chi connectivity index (χ3n) is 5.13. The zero-order chi connectivity index (χ0) is 19.6. The van der Waals surface area contributed by atoms with Gasteiger partial charge in [-0.25, -0.2) is 9.97 Å². The Balaban J connectivity index is 1.34. The van der Waals surface area contributed by atoms with Crippen molar-refractivity contribution in [3.8, 4) is 10.4 Å². The van der Waals surface area contributed by atoms with Crippen LogP contribution in [-0.4, -0.2) is 33.1 Å². The first-order chi connectivity index (χ1) is 14.3. The largest absolute Gasteiger partial charge is 0.334 e. The number of rotatable bonds is 5. The van der Waals surface area contributed by atoms with E-state index in [1.807, 2.05) is 23.1 Å². The van der Waals surface area contributed by atoms with E-state index in [2.05, 4.69) is 45.7 Å². The van der Waals surface area contributed by atoms with Crippen molar-refractivity contribution in [3.05, 3.63) is 65.1 Å². The molecule has 1 unspecified atom stereocenters. The summed E-state index contributed by atoms with van der Waals surface area (Å²) in [7, 11) is 0. The number of benzene rings is 1. The van der Waals surface area contributed by atoms with E-state index in [1.54, 1.807) is 29.0 Å². The van der Waals surface area contributed by atoms with E-state index in [4.69, 9.17) is 0 Å². The molecule has 1 fully saturated rings. The van der Waals surface area contributed by atoms with Crippen LogP contribution in [0, 0.1) is 0 Å². The molecule has 1 atom stereocenters. The van der Waals surface area contributed by atoms with Gasteiger partial charge in [-0.2, -0.15) is 0 Å². The molecule has 29 heavy (non-hydrogen) atoms. The molecule has 1 aliphatic rings. The fourth-order valence-electron chi connectivity index (χ4n) is 3.75. The molecule has 0 aliphatic carbocycles. The van der Waals surface area contributed by atoms with E-state index in [1.165, 1.54) is 27.1 Å².